The van der Waals surface area contributed by atoms with Crippen molar-refractivity contribution in [3.05, 3.63) is 52.1 Å². The molecule has 1 atom stereocenters. The van der Waals surface area contributed by atoms with Crippen LogP contribution in [-0.2, 0) is 22.6 Å². The van der Waals surface area contributed by atoms with Crippen LogP contribution in [0.2, 0.25) is 5.02 Å². The van der Waals surface area contributed by atoms with Crippen LogP contribution in [0.25, 0.3) is 0 Å². The Bertz CT molecular complexity index is 737. The molecule has 0 aliphatic heterocycles. The molecule has 2 N–H and O–H groups in total. The Labute approximate surface area is 146 Å². The van der Waals surface area contributed by atoms with E-state index >= 15 is 0 Å². The van der Waals surface area contributed by atoms with Crippen LogP contribution in [0.15, 0.2) is 24.3 Å². The van der Waals surface area contributed by atoms with Crippen molar-refractivity contribution < 1.29 is 9.63 Å². The number of imidazole rings is 1. The number of aryl methyl sites for hydroxylation is 1. The van der Waals surface area contributed by atoms with Crippen LogP contribution in [0, 0.1) is 0 Å². The van der Waals surface area contributed by atoms with Gasteiger partial charge in [0.25, 0.3) is 0 Å². The molecular formula is C18H22ClN3O2. The Balaban J connectivity index is 1.97. The number of carbonyl (C=O) groups excluding carboxylic acids is 1. The molecule has 0 radical (unpaired) electrons. The van der Waals surface area contributed by atoms with Crippen LogP contribution in [-0.4, -0.2) is 15.5 Å². The molecule has 2 aromatic rings. The predicted octanol–water partition coefficient (Wildman–Crippen LogP) is 3.55. The molecular weight excluding hydrogens is 326 g/mol. The lowest BCUT2D eigenvalue weighted by atomic mass is 10.0. The van der Waals surface area contributed by atoms with Gasteiger partial charge in [-0.1, -0.05) is 37.6 Å². The van der Waals surface area contributed by atoms with Gasteiger partial charge in [0.15, 0.2) is 0 Å². The van der Waals surface area contributed by atoms with Crippen LogP contribution in [0.1, 0.15) is 61.3 Å². The lowest BCUT2D eigenvalue weighted by Crippen LogP contribution is -2.16. The summed E-state index contributed by atoms with van der Waals surface area (Å²) in [5, 5.41) is 0.724. The third kappa shape index (κ3) is 3.32. The first-order valence-electron chi connectivity index (χ1n) is 8.22. The van der Waals surface area contributed by atoms with Crippen LogP contribution in [0.4, 0.5) is 0 Å². The SMILES string of the molecule is CC(C)c1nc2c(n1Cc1ccc(Cl)cc1)C(CC(=O)ON)CC2. The minimum Gasteiger partial charge on any atom is -0.373 e. The molecule has 1 aromatic heterocycles. The predicted molar refractivity (Wildman–Crippen MR) is 92.8 cm³/mol. The standard InChI is InChI=1S/C18H22ClN3O2/c1-11(2)18-21-15-8-5-13(9-16(23)24-20)17(15)22(18)10-12-3-6-14(19)7-4-12/h3-4,6-7,11,13H,5,8-10,20H2,1-2H3. The van der Waals surface area contributed by atoms with Crippen molar-refractivity contribution in [3.63, 3.8) is 0 Å². The molecule has 0 saturated carbocycles. The molecule has 0 bridgehead atoms. The highest BCUT2D eigenvalue weighted by atomic mass is 35.5. The fourth-order valence-corrected chi connectivity index (χ4v) is 3.58. The zero-order chi connectivity index (χ0) is 17.3. The van der Waals surface area contributed by atoms with Gasteiger partial charge < -0.3 is 9.40 Å². The van der Waals surface area contributed by atoms with Crippen LogP contribution >= 0.6 is 11.6 Å². The number of benzene rings is 1. The fourth-order valence-electron chi connectivity index (χ4n) is 3.45. The van der Waals surface area contributed by atoms with E-state index in [1.54, 1.807) is 0 Å². The number of halogens is 1. The highest BCUT2D eigenvalue weighted by Gasteiger charge is 2.32. The third-order valence-electron chi connectivity index (χ3n) is 4.54. The lowest BCUT2D eigenvalue weighted by molar-refractivity contribution is -0.144. The van der Waals surface area contributed by atoms with Crippen molar-refractivity contribution in [3.8, 4) is 0 Å². The van der Waals surface area contributed by atoms with Crippen molar-refractivity contribution in [1.82, 2.24) is 9.55 Å². The van der Waals surface area contributed by atoms with Crippen molar-refractivity contribution in [2.45, 2.75) is 51.5 Å². The number of nitrogens with two attached hydrogens (primary N) is 1. The van der Waals surface area contributed by atoms with Gasteiger partial charge in [-0.25, -0.2) is 4.98 Å². The minimum absolute atomic E-state index is 0.114. The number of hydrogen-bond donors (Lipinski definition) is 1. The van der Waals surface area contributed by atoms with Gasteiger partial charge in [-0.3, -0.25) is 4.79 Å². The molecule has 1 heterocycles. The molecule has 0 spiro atoms. The maximum atomic E-state index is 11.6. The smallest absolute Gasteiger partial charge is 0.325 e. The van der Waals surface area contributed by atoms with E-state index in [9.17, 15) is 4.79 Å². The molecule has 0 amide bonds. The Kier molecular flexibility index (Phi) is 4.92. The molecule has 1 aromatic carbocycles. The molecule has 1 aliphatic rings. The number of aromatic nitrogens is 2. The number of nitrogens with zero attached hydrogens (tertiary/aromatic N) is 2. The van der Waals surface area contributed by atoms with Gasteiger partial charge in [0.2, 0.25) is 0 Å². The minimum atomic E-state index is -0.377. The summed E-state index contributed by atoms with van der Waals surface area (Å²) >= 11 is 5.98. The van der Waals surface area contributed by atoms with E-state index in [2.05, 4.69) is 23.3 Å². The second kappa shape index (κ2) is 6.95. The Morgan fingerprint density at radius 2 is 2.12 bits per heavy atom. The summed E-state index contributed by atoms with van der Waals surface area (Å²) in [5.41, 5.74) is 3.41. The van der Waals surface area contributed by atoms with E-state index in [4.69, 9.17) is 22.5 Å². The third-order valence-corrected chi connectivity index (χ3v) is 4.80. The highest BCUT2D eigenvalue weighted by Crippen LogP contribution is 2.38. The van der Waals surface area contributed by atoms with E-state index in [0.29, 0.717) is 12.3 Å². The average Bonchev–Trinajstić information content (AvgIpc) is 3.10. The zero-order valence-electron chi connectivity index (χ0n) is 14.0. The van der Waals surface area contributed by atoms with Gasteiger partial charge in [0, 0.05) is 29.1 Å². The largest absolute Gasteiger partial charge is 0.373 e. The van der Waals surface area contributed by atoms with Crippen molar-refractivity contribution >= 4 is 17.6 Å². The van der Waals surface area contributed by atoms with Crippen LogP contribution in [0.3, 0.4) is 0 Å². The summed E-state index contributed by atoms with van der Waals surface area (Å²) < 4.78 is 2.25. The summed E-state index contributed by atoms with van der Waals surface area (Å²) in [6, 6.07) is 7.84. The van der Waals surface area contributed by atoms with E-state index in [-0.39, 0.29) is 11.9 Å². The van der Waals surface area contributed by atoms with E-state index < -0.39 is 0 Å². The topological polar surface area (TPSA) is 70.1 Å². The average molecular weight is 348 g/mol. The highest BCUT2D eigenvalue weighted by molar-refractivity contribution is 6.30. The van der Waals surface area contributed by atoms with Gasteiger partial charge >= 0.3 is 5.97 Å². The molecule has 0 fully saturated rings. The van der Waals surface area contributed by atoms with Crippen LogP contribution < -0.4 is 5.90 Å². The number of hydrogen-bond acceptors (Lipinski definition) is 4. The number of rotatable bonds is 5. The first-order valence-corrected chi connectivity index (χ1v) is 8.60. The quantitative estimate of drug-likeness (QED) is 0.840. The Morgan fingerprint density at radius 3 is 2.75 bits per heavy atom. The second-order valence-electron chi connectivity index (χ2n) is 6.60. The van der Waals surface area contributed by atoms with E-state index in [0.717, 1.165) is 47.2 Å². The van der Waals surface area contributed by atoms with E-state index in [1.807, 2.05) is 24.3 Å². The van der Waals surface area contributed by atoms with Gasteiger partial charge in [-0.15, -0.1) is 0 Å². The summed E-state index contributed by atoms with van der Waals surface area (Å²) in [7, 11) is 0. The van der Waals surface area contributed by atoms with Gasteiger partial charge in [0.05, 0.1) is 12.1 Å². The van der Waals surface area contributed by atoms with E-state index in [1.165, 1.54) is 0 Å². The van der Waals surface area contributed by atoms with Gasteiger partial charge in [0.1, 0.15) is 5.82 Å². The summed E-state index contributed by atoms with van der Waals surface area (Å²) in [4.78, 5) is 20.8. The fraction of sp³-hybridized carbons (Fsp3) is 0.444. The Hall–Kier alpha value is -1.85. The van der Waals surface area contributed by atoms with Gasteiger partial charge in [-0.2, -0.15) is 5.90 Å². The lowest BCUT2D eigenvalue weighted by Gasteiger charge is -2.18. The maximum absolute atomic E-state index is 11.6. The summed E-state index contributed by atoms with van der Waals surface area (Å²) in [6.45, 7) is 5.00. The molecule has 1 unspecified atom stereocenters. The molecule has 24 heavy (non-hydrogen) atoms. The second-order valence-corrected chi connectivity index (χ2v) is 7.04. The molecule has 128 valence electrons. The monoisotopic (exact) mass is 347 g/mol. The van der Waals surface area contributed by atoms with Gasteiger partial charge in [-0.05, 0) is 30.5 Å². The molecule has 3 rings (SSSR count). The summed E-state index contributed by atoms with van der Waals surface area (Å²) in [6.07, 6.45) is 2.10. The molecule has 6 heteroatoms. The molecule has 5 nitrogen and oxygen atoms in total. The van der Waals surface area contributed by atoms with Crippen molar-refractivity contribution in [2.75, 3.05) is 0 Å². The number of carbonyl (C=O) groups is 1. The normalized spacial score (nSPS) is 16.5. The number of fused-ring (bicyclic) bond motifs is 1. The summed E-state index contributed by atoms with van der Waals surface area (Å²) in [5.74, 6) is 6.12. The zero-order valence-corrected chi connectivity index (χ0v) is 14.7. The van der Waals surface area contributed by atoms with Crippen molar-refractivity contribution in [1.29, 1.82) is 0 Å². The Morgan fingerprint density at radius 1 is 1.42 bits per heavy atom. The molecule has 1 aliphatic carbocycles. The molecule has 0 saturated heterocycles. The van der Waals surface area contributed by atoms with Crippen molar-refractivity contribution in [2.24, 2.45) is 5.90 Å². The maximum Gasteiger partial charge on any atom is 0.325 e. The van der Waals surface area contributed by atoms with Crippen LogP contribution in [0.5, 0.6) is 0 Å². The first kappa shape index (κ1) is 17.0. The first-order chi connectivity index (χ1) is 11.5.